The SMILES string of the molecule is Cc1cccc(NS(=O)(=O)c2ccc(Cl)c(C(=O)NC3CCCC3)c2)c1. The van der Waals surface area contributed by atoms with Crippen LogP contribution in [0.2, 0.25) is 5.02 Å². The maximum Gasteiger partial charge on any atom is 0.261 e. The van der Waals surface area contributed by atoms with Crippen molar-refractivity contribution >= 4 is 33.2 Å². The minimum atomic E-state index is -3.82. The third-order valence-electron chi connectivity index (χ3n) is 4.45. The maximum absolute atomic E-state index is 12.7. The van der Waals surface area contributed by atoms with Crippen molar-refractivity contribution in [3.8, 4) is 0 Å². The van der Waals surface area contributed by atoms with E-state index < -0.39 is 10.0 Å². The zero-order chi connectivity index (χ0) is 18.7. The summed E-state index contributed by atoms with van der Waals surface area (Å²) in [5.41, 5.74) is 1.58. The number of benzene rings is 2. The van der Waals surface area contributed by atoms with Gasteiger partial charge < -0.3 is 5.32 Å². The monoisotopic (exact) mass is 392 g/mol. The lowest BCUT2D eigenvalue weighted by atomic mass is 10.2. The molecule has 5 nitrogen and oxygen atoms in total. The van der Waals surface area contributed by atoms with Crippen molar-refractivity contribution in [1.82, 2.24) is 5.32 Å². The zero-order valence-electron chi connectivity index (χ0n) is 14.5. The highest BCUT2D eigenvalue weighted by molar-refractivity contribution is 7.92. The van der Waals surface area contributed by atoms with Crippen LogP contribution in [0, 0.1) is 6.92 Å². The van der Waals surface area contributed by atoms with E-state index in [4.69, 9.17) is 11.6 Å². The Morgan fingerprint density at radius 1 is 1.12 bits per heavy atom. The van der Waals surface area contributed by atoms with Crippen LogP contribution in [0.15, 0.2) is 47.4 Å². The molecule has 0 saturated heterocycles. The highest BCUT2D eigenvalue weighted by Gasteiger charge is 2.22. The highest BCUT2D eigenvalue weighted by atomic mass is 35.5. The fourth-order valence-electron chi connectivity index (χ4n) is 3.10. The molecular weight excluding hydrogens is 372 g/mol. The third kappa shape index (κ3) is 4.37. The molecule has 2 aromatic carbocycles. The Kier molecular flexibility index (Phi) is 5.53. The van der Waals surface area contributed by atoms with Crippen molar-refractivity contribution in [2.45, 2.75) is 43.5 Å². The molecule has 0 bridgehead atoms. The van der Waals surface area contributed by atoms with Crippen LogP contribution in [0.3, 0.4) is 0 Å². The van der Waals surface area contributed by atoms with Gasteiger partial charge in [0.1, 0.15) is 0 Å². The molecule has 3 rings (SSSR count). The van der Waals surface area contributed by atoms with Gasteiger partial charge in [0, 0.05) is 11.7 Å². The molecule has 1 fully saturated rings. The lowest BCUT2D eigenvalue weighted by Gasteiger charge is -2.14. The van der Waals surface area contributed by atoms with Crippen molar-refractivity contribution in [1.29, 1.82) is 0 Å². The van der Waals surface area contributed by atoms with Crippen LogP contribution >= 0.6 is 11.6 Å². The van der Waals surface area contributed by atoms with E-state index in [-0.39, 0.29) is 27.4 Å². The molecule has 26 heavy (non-hydrogen) atoms. The number of hydrogen-bond donors (Lipinski definition) is 2. The molecule has 0 radical (unpaired) electrons. The normalized spacial score (nSPS) is 15.0. The number of hydrogen-bond acceptors (Lipinski definition) is 3. The van der Waals surface area contributed by atoms with Crippen LogP contribution in [0.5, 0.6) is 0 Å². The van der Waals surface area contributed by atoms with Crippen LogP contribution in [0.4, 0.5) is 5.69 Å². The summed E-state index contributed by atoms with van der Waals surface area (Å²) in [6.07, 6.45) is 4.06. The van der Waals surface area contributed by atoms with E-state index in [1.807, 2.05) is 13.0 Å². The van der Waals surface area contributed by atoms with Crippen molar-refractivity contribution in [2.75, 3.05) is 4.72 Å². The van der Waals surface area contributed by atoms with E-state index in [0.717, 1.165) is 31.2 Å². The number of carbonyl (C=O) groups excluding carboxylic acids is 1. The third-order valence-corrected chi connectivity index (χ3v) is 6.16. The van der Waals surface area contributed by atoms with Crippen molar-refractivity contribution < 1.29 is 13.2 Å². The number of nitrogens with one attached hydrogen (secondary N) is 2. The molecule has 138 valence electrons. The topological polar surface area (TPSA) is 75.3 Å². The highest BCUT2D eigenvalue weighted by Crippen LogP contribution is 2.24. The molecule has 0 spiro atoms. The number of sulfonamides is 1. The second kappa shape index (κ2) is 7.68. The number of amides is 1. The average Bonchev–Trinajstić information content (AvgIpc) is 3.07. The van der Waals surface area contributed by atoms with Crippen molar-refractivity contribution in [3.63, 3.8) is 0 Å². The lowest BCUT2D eigenvalue weighted by Crippen LogP contribution is -2.32. The Labute approximate surface area is 158 Å². The Morgan fingerprint density at radius 3 is 2.54 bits per heavy atom. The zero-order valence-corrected chi connectivity index (χ0v) is 16.0. The fourth-order valence-corrected chi connectivity index (χ4v) is 4.38. The lowest BCUT2D eigenvalue weighted by molar-refractivity contribution is 0.0938. The summed E-state index contributed by atoms with van der Waals surface area (Å²) in [5, 5.41) is 3.16. The van der Waals surface area contributed by atoms with E-state index >= 15 is 0 Å². The van der Waals surface area contributed by atoms with Gasteiger partial charge in [-0.25, -0.2) is 8.42 Å². The fraction of sp³-hybridized carbons (Fsp3) is 0.316. The number of halogens is 1. The predicted molar refractivity (Wildman–Crippen MR) is 103 cm³/mol. The average molecular weight is 393 g/mol. The largest absolute Gasteiger partial charge is 0.349 e. The van der Waals surface area contributed by atoms with E-state index in [0.29, 0.717) is 5.69 Å². The molecule has 0 atom stereocenters. The molecule has 0 heterocycles. The van der Waals surface area contributed by atoms with Crippen LogP contribution in [-0.2, 0) is 10.0 Å². The van der Waals surface area contributed by atoms with E-state index in [1.165, 1.54) is 18.2 Å². The minimum absolute atomic E-state index is 0.0000203. The van der Waals surface area contributed by atoms with Crippen LogP contribution in [0.25, 0.3) is 0 Å². The molecule has 2 N–H and O–H groups in total. The van der Waals surface area contributed by atoms with Gasteiger partial charge in [-0.15, -0.1) is 0 Å². The van der Waals surface area contributed by atoms with Crippen LogP contribution in [-0.4, -0.2) is 20.4 Å². The number of aryl methyl sites for hydroxylation is 1. The van der Waals surface area contributed by atoms with E-state index in [9.17, 15) is 13.2 Å². The first-order chi connectivity index (χ1) is 12.3. The Balaban J connectivity index is 1.84. The maximum atomic E-state index is 12.7. The molecule has 0 aliphatic heterocycles. The standard InChI is InChI=1S/C19H21ClN2O3S/c1-13-5-4-8-15(11-13)22-26(24,25)16-9-10-18(20)17(12-16)19(23)21-14-6-2-3-7-14/h4-5,8-12,14,22H,2-3,6-7H2,1H3,(H,21,23). The van der Waals surface area contributed by atoms with Gasteiger partial charge in [-0.3, -0.25) is 9.52 Å². The number of carbonyl (C=O) groups is 1. The smallest absolute Gasteiger partial charge is 0.261 e. The summed E-state index contributed by atoms with van der Waals surface area (Å²) in [5.74, 6) is -0.338. The van der Waals surface area contributed by atoms with Crippen LogP contribution in [0.1, 0.15) is 41.6 Å². The molecule has 1 amide bonds. The van der Waals surface area contributed by atoms with Gasteiger partial charge >= 0.3 is 0 Å². The second-order valence-corrected chi connectivity index (χ2v) is 8.66. The van der Waals surface area contributed by atoms with Gasteiger partial charge in [-0.05, 0) is 55.7 Å². The van der Waals surface area contributed by atoms with Crippen molar-refractivity contribution in [3.05, 3.63) is 58.6 Å². The Morgan fingerprint density at radius 2 is 1.85 bits per heavy atom. The molecule has 0 unspecified atom stereocenters. The van der Waals surface area contributed by atoms with Gasteiger partial charge in [0.05, 0.1) is 15.5 Å². The minimum Gasteiger partial charge on any atom is -0.349 e. The van der Waals surface area contributed by atoms with Crippen LogP contribution < -0.4 is 10.0 Å². The predicted octanol–water partition coefficient (Wildman–Crippen LogP) is 4.12. The molecule has 7 heteroatoms. The summed E-state index contributed by atoms with van der Waals surface area (Å²) in [6, 6.07) is 11.4. The first-order valence-electron chi connectivity index (χ1n) is 8.55. The van der Waals surface area contributed by atoms with E-state index in [2.05, 4.69) is 10.0 Å². The van der Waals surface area contributed by atoms with Gasteiger partial charge in [0.15, 0.2) is 0 Å². The first-order valence-corrected chi connectivity index (χ1v) is 10.4. The van der Waals surface area contributed by atoms with Gasteiger partial charge in [-0.1, -0.05) is 36.6 Å². The molecule has 1 aliphatic carbocycles. The second-order valence-electron chi connectivity index (χ2n) is 6.57. The molecular formula is C19H21ClN2O3S. The molecule has 1 aliphatic rings. The van der Waals surface area contributed by atoms with Crippen molar-refractivity contribution in [2.24, 2.45) is 0 Å². The Hall–Kier alpha value is -2.05. The van der Waals surface area contributed by atoms with Gasteiger partial charge in [0.25, 0.3) is 15.9 Å². The Bertz CT molecular complexity index is 922. The van der Waals surface area contributed by atoms with Gasteiger partial charge in [0.2, 0.25) is 0 Å². The summed E-state index contributed by atoms with van der Waals surface area (Å²) in [6.45, 7) is 1.88. The van der Waals surface area contributed by atoms with E-state index in [1.54, 1.807) is 18.2 Å². The first kappa shape index (κ1) is 18.7. The summed E-state index contributed by atoms with van der Waals surface area (Å²) < 4.78 is 27.8. The summed E-state index contributed by atoms with van der Waals surface area (Å²) in [4.78, 5) is 12.5. The molecule has 0 aromatic heterocycles. The summed E-state index contributed by atoms with van der Waals surface area (Å²) >= 11 is 6.13. The number of rotatable bonds is 5. The molecule has 1 saturated carbocycles. The molecule has 2 aromatic rings. The van der Waals surface area contributed by atoms with Gasteiger partial charge in [-0.2, -0.15) is 0 Å². The summed E-state index contributed by atoms with van der Waals surface area (Å²) in [7, 11) is -3.82. The quantitative estimate of drug-likeness (QED) is 0.803. The number of anilines is 1.